The highest BCUT2D eigenvalue weighted by Gasteiger charge is 2.72. The molecule has 4 aromatic rings. The summed E-state index contributed by atoms with van der Waals surface area (Å²) in [6, 6.07) is 21.7. The molecular weight excluding hydrogens is 642 g/mol. The average molecular weight is 661 g/mol. The van der Waals surface area contributed by atoms with Crippen LogP contribution in [0.1, 0.15) is 5.56 Å². The lowest BCUT2D eigenvalue weighted by Gasteiger charge is -2.32. The largest absolute Gasteiger partial charge is 0.463 e. The van der Waals surface area contributed by atoms with Crippen LogP contribution in [0.3, 0.4) is 0 Å². The van der Waals surface area contributed by atoms with Gasteiger partial charge in [-0.05, 0) is 54.6 Å². The summed E-state index contributed by atoms with van der Waals surface area (Å²) in [6.45, 7) is 0. The standard InChI is InChI=1S/C30H19Br2N3O5/c31-14-6-9-16(10-7-14)34-29(37)21-22(30(34)38)28-25-23(27(21)40-28)24(33-35(25)17-4-2-1-3-5-17)19-13-39-20-11-8-15(32)12-18(20)26(19)36/h1-13,21-23,25,27-28H. The maximum absolute atomic E-state index is 13.8. The van der Waals surface area contributed by atoms with Gasteiger partial charge in [0.1, 0.15) is 11.8 Å². The third kappa shape index (κ3) is 3.27. The van der Waals surface area contributed by atoms with E-state index in [-0.39, 0.29) is 23.3 Å². The van der Waals surface area contributed by atoms with Crippen molar-refractivity contribution in [1.82, 2.24) is 0 Å². The van der Waals surface area contributed by atoms with Gasteiger partial charge in [0, 0.05) is 8.95 Å². The summed E-state index contributed by atoms with van der Waals surface area (Å²) in [4.78, 5) is 42.6. The first-order valence-electron chi connectivity index (χ1n) is 12.9. The van der Waals surface area contributed by atoms with Gasteiger partial charge in [0.15, 0.2) is 0 Å². The Kier molecular flexibility index (Phi) is 5.27. The molecule has 3 saturated heterocycles. The summed E-state index contributed by atoms with van der Waals surface area (Å²) >= 11 is 6.86. The Bertz CT molecular complexity index is 1820. The second kappa shape index (κ2) is 8.70. The van der Waals surface area contributed by atoms with Gasteiger partial charge in [-0.3, -0.25) is 19.4 Å². The molecule has 0 radical (unpaired) electrons. The highest BCUT2D eigenvalue weighted by molar-refractivity contribution is 9.10. The topological polar surface area (TPSA) is 92.4 Å². The van der Waals surface area contributed by atoms with Gasteiger partial charge in [-0.1, -0.05) is 50.1 Å². The van der Waals surface area contributed by atoms with Crippen LogP contribution in [0.5, 0.6) is 0 Å². The van der Waals surface area contributed by atoms with Gasteiger partial charge in [-0.15, -0.1) is 0 Å². The summed E-state index contributed by atoms with van der Waals surface area (Å²) in [6.07, 6.45) is 0.268. The van der Waals surface area contributed by atoms with Crippen LogP contribution in [0.15, 0.2) is 102 Å². The molecule has 8 rings (SSSR count). The number of halogens is 2. The van der Waals surface area contributed by atoms with Crippen molar-refractivity contribution in [1.29, 1.82) is 0 Å². The van der Waals surface area contributed by atoms with E-state index < -0.39 is 30.0 Å². The molecule has 198 valence electrons. The van der Waals surface area contributed by atoms with Gasteiger partial charge in [0.05, 0.1) is 64.0 Å². The van der Waals surface area contributed by atoms with Crippen LogP contribution in [-0.4, -0.2) is 35.8 Å². The van der Waals surface area contributed by atoms with Crippen molar-refractivity contribution in [2.24, 2.45) is 22.9 Å². The van der Waals surface area contributed by atoms with E-state index in [0.29, 0.717) is 27.9 Å². The smallest absolute Gasteiger partial charge is 0.240 e. The molecule has 6 unspecified atom stereocenters. The van der Waals surface area contributed by atoms with Crippen molar-refractivity contribution in [3.05, 3.63) is 104 Å². The Morgan fingerprint density at radius 1 is 0.750 bits per heavy atom. The van der Waals surface area contributed by atoms with Crippen LogP contribution in [-0.2, 0) is 14.3 Å². The van der Waals surface area contributed by atoms with Crippen LogP contribution < -0.4 is 15.3 Å². The molecule has 0 aliphatic carbocycles. The Morgan fingerprint density at radius 3 is 2.20 bits per heavy atom. The SMILES string of the molecule is O=C1C2C3OC(C2C(=O)N1c1ccc(Br)cc1)C1C3C(c2coc3ccc(Br)cc3c2=O)=NN1c1ccccc1. The van der Waals surface area contributed by atoms with Crippen molar-refractivity contribution in [2.75, 3.05) is 9.91 Å². The normalized spacial score (nSPS) is 28.4. The minimum atomic E-state index is -0.662. The van der Waals surface area contributed by atoms with E-state index in [1.807, 2.05) is 53.5 Å². The Labute approximate surface area is 244 Å². The molecule has 0 saturated carbocycles. The maximum atomic E-state index is 13.8. The number of fused-ring (bicyclic) bond motifs is 9. The number of hydrazone groups is 1. The van der Waals surface area contributed by atoms with Gasteiger partial charge >= 0.3 is 0 Å². The number of imide groups is 1. The van der Waals surface area contributed by atoms with Gasteiger partial charge in [-0.25, -0.2) is 4.90 Å². The van der Waals surface area contributed by atoms with Gasteiger partial charge in [0.2, 0.25) is 17.2 Å². The van der Waals surface area contributed by atoms with Crippen LogP contribution in [0.25, 0.3) is 11.0 Å². The average Bonchev–Trinajstić information content (AvgIpc) is 3.70. The number of nitrogens with zero attached hydrogens (tertiary/aromatic N) is 3. The quantitative estimate of drug-likeness (QED) is 0.284. The molecular formula is C30H19Br2N3O5. The highest BCUT2D eigenvalue weighted by atomic mass is 79.9. The molecule has 5 heterocycles. The van der Waals surface area contributed by atoms with E-state index >= 15 is 0 Å². The van der Waals surface area contributed by atoms with Gasteiger partial charge in [0.25, 0.3) is 0 Å². The third-order valence-corrected chi connectivity index (χ3v) is 9.43. The molecule has 4 aliphatic rings. The number of carbonyl (C=O) groups excluding carboxylic acids is 2. The minimum Gasteiger partial charge on any atom is -0.463 e. The Morgan fingerprint density at radius 2 is 1.45 bits per heavy atom. The number of para-hydroxylation sites is 1. The lowest BCUT2D eigenvalue weighted by Crippen LogP contribution is -2.50. The zero-order valence-corrected chi connectivity index (χ0v) is 23.8. The van der Waals surface area contributed by atoms with Crippen LogP contribution in [0, 0.1) is 17.8 Å². The molecule has 0 N–H and O–H groups in total. The first-order chi connectivity index (χ1) is 19.4. The van der Waals surface area contributed by atoms with Crippen molar-refractivity contribution in [3.63, 3.8) is 0 Å². The maximum Gasteiger partial charge on any atom is 0.240 e. The van der Waals surface area contributed by atoms with E-state index in [1.54, 1.807) is 24.3 Å². The molecule has 2 bridgehead atoms. The zero-order valence-electron chi connectivity index (χ0n) is 20.6. The highest BCUT2D eigenvalue weighted by Crippen LogP contribution is 2.56. The first kappa shape index (κ1) is 24.2. The molecule has 3 aromatic carbocycles. The summed E-state index contributed by atoms with van der Waals surface area (Å²) in [5, 5.41) is 7.25. The Balaban J connectivity index is 1.26. The fourth-order valence-corrected chi connectivity index (χ4v) is 7.41. The number of hydrogen-bond donors (Lipinski definition) is 0. The number of anilines is 2. The fourth-order valence-electron chi connectivity index (χ4n) is 6.78. The fraction of sp³-hybridized carbons (Fsp3) is 0.200. The minimum absolute atomic E-state index is 0.209. The number of ether oxygens (including phenoxy) is 1. The second-order valence-corrected chi connectivity index (χ2v) is 12.2. The number of amides is 2. The molecule has 10 heteroatoms. The van der Waals surface area contributed by atoms with Crippen molar-refractivity contribution in [2.45, 2.75) is 18.2 Å². The van der Waals surface area contributed by atoms with E-state index in [4.69, 9.17) is 14.3 Å². The number of carbonyl (C=O) groups is 2. The number of benzene rings is 3. The molecule has 0 spiro atoms. The van der Waals surface area contributed by atoms with Crippen LogP contribution >= 0.6 is 31.9 Å². The van der Waals surface area contributed by atoms with Crippen molar-refractivity contribution >= 4 is 71.7 Å². The monoisotopic (exact) mass is 659 g/mol. The van der Waals surface area contributed by atoms with Crippen LogP contribution in [0.4, 0.5) is 11.4 Å². The molecule has 2 amide bonds. The molecule has 6 atom stereocenters. The lowest BCUT2D eigenvalue weighted by molar-refractivity contribution is -0.125. The van der Waals surface area contributed by atoms with E-state index in [1.165, 1.54) is 11.2 Å². The molecule has 8 nitrogen and oxygen atoms in total. The first-order valence-corrected chi connectivity index (χ1v) is 14.4. The van der Waals surface area contributed by atoms with E-state index in [2.05, 4.69) is 31.9 Å². The third-order valence-electron chi connectivity index (χ3n) is 8.41. The number of rotatable bonds is 3. The van der Waals surface area contributed by atoms with Crippen molar-refractivity contribution < 1.29 is 18.7 Å². The predicted molar refractivity (Wildman–Crippen MR) is 155 cm³/mol. The number of hydrogen-bond acceptors (Lipinski definition) is 7. The summed E-state index contributed by atoms with van der Waals surface area (Å²) in [7, 11) is 0. The summed E-state index contributed by atoms with van der Waals surface area (Å²) < 4.78 is 14.0. The lowest BCUT2D eigenvalue weighted by atomic mass is 9.70. The summed E-state index contributed by atoms with van der Waals surface area (Å²) in [5.74, 6) is -2.24. The van der Waals surface area contributed by atoms with Crippen molar-refractivity contribution in [3.8, 4) is 0 Å². The molecule has 3 fully saturated rings. The molecule has 40 heavy (non-hydrogen) atoms. The molecule has 1 aromatic heterocycles. The van der Waals surface area contributed by atoms with Crippen LogP contribution in [0.2, 0.25) is 0 Å². The van der Waals surface area contributed by atoms with Gasteiger partial charge in [-0.2, -0.15) is 5.10 Å². The predicted octanol–water partition coefficient (Wildman–Crippen LogP) is 5.11. The molecule has 4 aliphatic heterocycles. The van der Waals surface area contributed by atoms with E-state index in [9.17, 15) is 14.4 Å². The second-order valence-electron chi connectivity index (χ2n) is 10.4. The zero-order chi connectivity index (χ0) is 27.3. The Hall–Kier alpha value is -3.60. The van der Waals surface area contributed by atoms with E-state index in [0.717, 1.165) is 14.6 Å². The van der Waals surface area contributed by atoms with Gasteiger partial charge < -0.3 is 9.15 Å². The summed E-state index contributed by atoms with van der Waals surface area (Å²) in [5.41, 5.74) is 2.45.